The Morgan fingerprint density at radius 2 is 1.51 bits per heavy atom. The third-order valence-electron chi connectivity index (χ3n) is 6.61. The largest absolute Gasteiger partial charge is 0.352 e. The number of rotatable bonds is 3. The van der Waals surface area contributed by atoms with Crippen LogP contribution in [0, 0.1) is 0 Å². The normalized spacial score (nSPS) is 14.3. The number of amides is 2. The van der Waals surface area contributed by atoms with Crippen molar-refractivity contribution in [3.8, 4) is 11.3 Å². The molecule has 0 atom stereocenters. The number of fused-ring (bicyclic) bond motifs is 1. The minimum absolute atomic E-state index is 0.0643. The van der Waals surface area contributed by atoms with Gasteiger partial charge in [0, 0.05) is 37.4 Å². The van der Waals surface area contributed by atoms with Crippen molar-refractivity contribution in [1.82, 2.24) is 15.1 Å². The van der Waals surface area contributed by atoms with E-state index in [0.29, 0.717) is 13.1 Å². The molecular formula is C29H31N5O. The first-order valence-corrected chi connectivity index (χ1v) is 12.1. The number of nitrogens with zero attached hydrogens (tertiary/aromatic N) is 4. The van der Waals surface area contributed by atoms with Crippen LogP contribution in [0.5, 0.6) is 0 Å². The van der Waals surface area contributed by atoms with E-state index in [1.54, 1.807) is 0 Å². The van der Waals surface area contributed by atoms with Gasteiger partial charge < -0.3 is 15.1 Å². The molecule has 1 fully saturated rings. The van der Waals surface area contributed by atoms with Gasteiger partial charge in [0.2, 0.25) is 0 Å². The van der Waals surface area contributed by atoms with Crippen molar-refractivity contribution in [2.24, 2.45) is 0 Å². The molecule has 0 radical (unpaired) electrons. The molecule has 0 spiro atoms. The monoisotopic (exact) mass is 465 g/mol. The Morgan fingerprint density at radius 1 is 0.800 bits per heavy atom. The highest BCUT2D eigenvalue weighted by atomic mass is 16.2. The summed E-state index contributed by atoms with van der Waals surface area (Å²) in [6.07, 6.45) is 0. The van der Waals surface area contributed by atoms with E-state index in [4.69, 9.17) is 0 Å². The van der Waals surface area contributed by atoms with E-state index in [2.05, 4.69) is 83.6 Å². The van der Waals surface area contributed by atoms with Crippen LogP contribution in [-0.2, 0) is 5.41 Å². The molecule has 6 heteroatoms. The van der Waals surface area contributed by atoms with Gasteiger partial charge in [0.1, 0.15) is 0 Å². The molecule has 1 aliphatic rings. The van der Waals surface area contributed by atoms with Crippen molar-refractivity contribution in [2.45, 2.75) is 26.2 Å². The van der Waals surface area contributed by atoms with Gasteiger partial charge in [0.05, 0.1) is 5.69 Å². The van der Waals surface area contributed by atoms with E-state index in [9.17, 15) is 4.79 Å². The van der Waals surface area contributed by atoms with Gasteiger partial charge in [-0.3, -0.25) is 0 Å². The van der Waals surface area contributed by atoms with E-state index in [0.717, 1.165) is 35.9 Å². The highest BCUT2D eigenvalue weighted by molar-refractivity contribution is 5.95. The maximum Gasteiger partial charge on any atom is 0.321 e. The van der Waals surface area contributed by atoms with Gasteiger partial charge in [-0.15, -0.1) is 10.2 Å². The molecule has 2 heterocycles. The molecular weight excluding hydrogens is 434 g/mol. The molecule has 0 saturated carbocycles. The molecule has 0 aliphatic carbocycles. The number of benzene rings is 3. The second-order valence-electron chi connectivity index (χ2n) is 10.0. The van der Waals surface area contributed by atoms with Crippen molar-refractivity contribution >= 4 is 28.3 Å². The first kappa shape index (κ1) is 22.8. The molecule has 1 aliphatic heterocycles. The van der Waals surface area contributed by atoms with E-state index in [1.165, 1.54) is 16.3 Å². The molecule has 5 rings (SSSR count). The number of hydrogen-bond donors (Lipinski definition) is 1. The average molecular weight is 466 g/mol. The molecule has 0 unspecified atom stereocenters. The molecule has 1 N–H and O–H groups in total. The number of carbonyl (C=O) groups excluding carboxylic acids is 1. The van der Waals surface area contributed by atoms with Gasteiger partial charge in [0.25, 0.3) is 0 Å². The van der Waals surface area contributed by atoms with Crippen molar-refractivity contribution in [1.29, 1.82) is 0 Å². The Hall–Kier alpha value is -3.93. The second kappa shape index (κ2) is 9.37. The lowest BCUT2D eigenvalue weighted by Gasteiger charge is -2.35. The first-order chi connectivity index (χ1) is 16.9. The van der Waals surface area contributed by atoms with Gasteiger partial charge in [-0.2, -0.15) is 0 Å². The lowest BCUT2D eigenvalue weighted by Crippen LogP contribution is -2.50. The van der Waals surface area contributed by atoms with Gasteiger partial charge in [0.15, 0.2) is 5.82 Å². The third kappa shape index (κ3) is 4.97. The van der Waals surface area contributed by atoms with Crippen LogP contribution in [0.4, 0.5) is 16.3 Å². The van der Waals surface area contributed by atoms with Crippen LogP contribution < -0.4 is 10.2 Å². The Bertz CT molecular complexity index is 1310. The molecule has 2 amide bonds. The maximum atomic E-state index is 12.8. The number of urea groups is 1. The lowest BCUT2D eigenvalue weighted by molar-refractivity contribution is 0.208. The van der Waals surface area contributed by atoms with Crippen molar-refractivity contribution in [3.05, 3.63) is 84.4 Å². The fourth-order valence-electron chi connectivity index (χ4n) is 4.48. The van der Waals surface area contributed by atoms with Crippen molar-refractivity contribution < 1.29 is 4.79 Å². The highest BCUT2D eigenvalue weighted by Gasteiger charge is 2.22. The second-order valence-corrected chi connectivity index (χ2v) is 10.0. The predicted octanol–water partition coefficient (Wildman–Crippen LogP) is 5.95. The summed E-state index contributed by atoms with van der Waals surface area (Å²) in [6, 6.07) is 26.7. The van der Waals surface area contributed by atoms with E-state index in [-0.39, 0.29) is 11.4 Å². The molecule has 4 aromatic rings. The van der Waals surface area contributed by atoms with Crippen LogP contribution in [0.3, 0.4) is 0 Å². The standard InChI is InChI=1S/C29H31N5O/c1-29(2,3)22-11-13-23(14-12-22)30-28(35)34-19-17-33(18-20-34)27-16-15-26(31-32-27)25-10-6-8-21-7-4-5-9-24(21)25/h4-16H,17-20H2,1-3H3,(H,30,35). The summed E-state index contributed by atoms with van der Waals surface area (Å²) < 4.78 is 0. The minimum Gasteiger partial charge on any atom is -0.352 e. The quantitative estimate of drug-likeness (QED) is 0.406. The third-order valence-corrected chi connectivity index (χ3v) is 6.61. The maximum absolute atomic E-state index is 12.8. The molecule has 1 saturated heterocycles. The molecule has 178 valence electrons. The van der Waals surface area contributed by atoms with Gasteiger partial charge in [-0.05, 0) is 46.0 Å². The molecule has 1 aromatic heterocycles. The van der Waals surface area contributed by atoms with Gasteiger partial charge >= 0.3 is 6.03 Å². The van der Waals surface area contributed by atoms with Crippen LogP contribution in [-0.4, -0.2) is 47.3 Å². The van der Waals surface area contributed by atoms with E-state index < -0.39 is 0 Å². The van der Waals surface area contributed by atoms with Crippen LogP contribution >= 0.6 is 0 Å². The number of carbonyl (C=O) groups is 1. The summed E-state index contributed by atoms with van der Waals surface area (Å²) in [5.41, 5.74) is 4.10. The van der Waals surface area contributed by atoms with Crippen LogP contribution in [0.15, 0.2) is 78.9 Å². The fraction of sp³-hybridized carbons (Fsp3) is 0.276. The Kier molecular flexibility index (Phi) is 6.12. The van der Waals surface area contributed by atoms with Crippen molar-refractivity contribution in [3.63, 3.8) is 0 Å². The lowest BCUT2D eigenvalue weighted by atomic mass is 9.87. The molecule has 35 heavy (non-hydrogen) atoms. The highest BCUT2D eigenvalue weighted by Crippen LogP contribution is 2.28. The summed E-state index contributed by atoms with van der Waals surface area (Å²) in [5.74, 6) is 0.840. The zero-order chi connectivity index (χ0) is 24.4. The Morgan fingerprint density at radius 3 is 2.20 bits per heavy atom. The summed E-state index contributed by atoms with van der Waals surface area (Å²) in [6.45, 7) is 9.26. The zero-order valence-electron chi connectivity index (χ0n) is 20.5. The minimum atomic E-state index is -0.0643. The molecule has 0 bridgehead atoms. The number of aromatic nitrogens is 2. The van der Waals surface area contributed by atoms with E-state index in [1.807, 2.05) is 41.3 Å². The summed E-state index contributed by atoms with van der Waals surface area (Å²) >= 11 is 0. The SMILES string of the molecule is CC(C)(C)c1ccc(NC(=O)N2CCN(c3ccc(-c4cccc5ccccc45)nn3)CC2)cc1. The van der Waals surface area contributed by atoms with Crippen LogP contribution in [0.1, 0.15) is 26.3 Å². The number of piperazine rings is 1. The summed E-state index contributed by atoms with van der Waals surface area (Å²) in [5, 5.41) is 14.4. The number of nitrogens with one attached hydrogen (secondary N) is 1. The van der Waals surface area contributed by atoms with Crippen LogP contribution in [0.2, 0.25) is 0 Å². The topological polar surface area (TPSA) is 61.4 Å². The van der Waals surface area contributed by atoms with Gasteiger partial charge in [-0.25, -0.2) is 4.79 Å². The van der Waals surface area contributed by atoms with Crippen LogP contribution in [0.25, 0.3) is 22.0 Å². The van der Waals surface area contributed by atoms with Crippen molar-refractivity contribution in [2.75, 3.05) is 36.4 Å². The smallest absolute Gasteiger partial charge is 0.321 e. The van der Waals surface area contributed by atoms with E-state index >= 15 is 0 Å². The first-order valence-electron chi connectivity index (χ1n) is 12.1. The summed E-state index contributed by atoms with van der Waals surface area (Å²) in [7, 11) is 0. The summed E-state index contributed by atoms with van der Waals surface area (Å²) in [4.78, 5) is 16.8. The number of anilines is 2. The Labute approximate surface area is 206 Å². The van der Waals surface area contributed by atoms with Gasteiger partial charge in [-0.1, -0.05) is 75.4 Å². The average Bonchev–Trinajstić information content (AvgIpc) is 2.88. The predicted molar refractivity (Wildman–Crippen MR) is 143 cm³/mol. The Balaban J connectivity index is 1.20. The fourth-order valence-corrected chi connectivity index (χ4v) is 4.48. The zero-order valence-corrected chi connectivity index (χ0v) is 20.5. The molecule has 3 aromatic carbocycles. The number of hydrogen-bond acceptors (Lipinski definition) is 4. The molecule has 6 nitrogen and oxygen atoms in total.